The summed E-state index contributed by atoms with van der Waals surface area (Å²) in [6.07, 6.45) is 0. The lowest BCUT2D eigenvalue weighted by Crippen LogP contribution is -2.85. The zero-order valence-electron chi connectivity index (χ0n) is 17.0. The summed E-state index contributed by atoms with van der Waals surface area (Å²) in [5.41, 5.74) is -1.64. The van der Waals surface area contributed by atoms with Gasteiger partial charge in [0, 0.05) is 12.9 Å². The molecule has 1 N–H and O–H groups in total. The second-order valence-corrected chi connectivity index (χ2v) is 12.6. The maximum absolute atomic E-state index is 13.2. The van der Waals surface area contributed by atoms with Gasteiger partial charge < -0.3 is 24.4 Å². The van der Waals surface area contributed by atoms with Crippen LogP contribution in [0.4, 0.5) is 0 Å². The van der Waals surface area contributed by atoms with Crippen molar-refractivity contribution in [2.45, 2.75) is 32.0 Å². The number of methoxy groups -OCH3 is 1. The van der Waals surface area contributed by atoms with Gasteiger partial charge in [0.25, 0.3) is 22.1 Å². The minimum atomic E-state index is -1.93. The fraction of sp³-hybridized carbons (Fsp3) is 0.526. The van der Waals surface area contributed by atoms with Crippen molar-refractivity contribution >= 4 is 86.9 Å². The van der Waals surface area contributed by atoms with E-state index in [4.69, 9.17) is 49.0 Å². The molecule has 3 unspecified atom stereocenters. The van der Waals surface area contributed by atoms with Crippen molar-refractivity contribution in [2.75, 3.05) is 25.3 Å². The number of hydrogen-bond acceptors (Lipinski definition) is 7. The first-order valence-electron chi connectivity index (χ1n) is 9.31. The van der Waals surface area contributed by atoms with E-state index in [1.165, 1.54) is 23.8 Å². The summed E-state index contributed by atoms with van der Waals surface area (Å²) in [7, 11) is 1.31. The molecule has 2 amide bonds. The highest BCUT2D eigenvalue weighted by atomic mass is 127. The normalized spacial score (nSPS) is 29.6. The first-order chi connectivity index (χ1) is 15.0. The topological polar surface area (TPSA) is 94.2 Å². The molecule has 2 saturated heterocycles. The average Bonchev–Trinajstić information content (AvgIpc) is 2.75. The van der Waals surface area contributed by atoms with Crippen LogP contribution in [0.15, 0.2) is 30.3 Å². The number of carbonyl (C=O) groups is 3. The quantitative estimate of drug-likeness (QED) is 0.154. The summed E-state index contributed by atoms with van der Waals surface area (Å²) in [6, 6.07) is 7.77. The molecule has 13 heteroatoms. The Balaban J connectivity index is 1.75. The van der Waals surface area contributed by atoms with Gasteiger partial charge in [-0.1, -0.05) is 64.0 Å². The summed E-state index contributed by atoms with van der Waals surface area (Å²) in [4.78, 5) is 40.0. The lowest BCUT2D eigenvalue weighted by molar-refractivity contribution is -0.206. The highest BCUT2D eigenvalue weighted by molar-refractivity contribution is 14.1. The van der Waals surface area contributed by atoms with Gasteiger partial charge in [-0.15, -0.1) is 23.4 Å². The van der Waals surface area contributed by atoms with Gasteiger partial charge in [-0.2, -0.15) is 0 Å². The highest BCUT2D eigenvalue weighted by Gasteiger charge is 2.70. The molecule has 2 aliphatic rings. The number of rotatable bonds is 8. The molecule has 2 heterocycles. The number of alkyl halides is 4. The first-order valence-corrected chi connectivity index (χ1v) is 12.7. The van der Waals surface area contributed by atoms with E-state index in [2.05, 4.69) is 27.9 Å². The predicted octanol–water partition coefficient (Wildman–Crippen LogP) is 2.92. The molecule has 0 radical (unpaired) electrons. The van der Waals surface area contributed by atoms with Gasteiger partial charge in [-0.3, -0.25) is 9.59 Å². The van der Waals surface area contributed by atoms with Crippen molar-refractivity contribution in [3.8, 4) is 5.75 Å². The third kappa shape index (κ3) is 5.05. The Bertz CT molecular complexity index is 893. The van der Waals surface area contributed by atoms with Crippen molar-refractivity contribution in [1.82, 2.24) is 10.2 Å². The van der Waals surface area contributed by atoms with Gasteiger partial charge in [0.1, 0.15) is 17.2 Å². The molecule has 0 aromatic heterocycles. The number of halogens is 4. The van der Waals surface area contributed by atoms with E-state index in [0.717, 1.165) is 0 Å². The molecule has 32 heavy (non-hydrogen) atoms. The van der Waals surface area contributed by atoms with Crippen molar-refractivity contribution < 1.29 is 28.6 Å². The van der Waals surface area contributed by atoms with Crippen LogP contribution in [-0.2, 0) is 23.9 Å². The fourth-order valence-corrected chi connectivity index (χ4v) is 6.26. The van der Waals surface area contributed by atoms with Crippen LogP contribution in [0.2, 0.25) is 0 Å². The number of benzene rings is 1. The number of carbonyl (C=O) groups excluding carboxylic acids is 3. The summed E-state index contributed by atoms with van der Waals surface area (Å²) in [5, 5.41) is 1.95. The number of esters is 1. The fourth-order valence-electron chi connectivity index (χ4n) is 3.45. The van der Waals surface area contributed by atoms with Crippen LogP contribution in [0.1, 0.15) is 6.92 Å². The molecule has 0 bridgehead atoms. The van der Waals surface area contributed by atoms with Crippen LogP contribution < -0.4 is 10.1 Å². The van der Waals surface area contributed by atoms with E-state index in [9.17, 15) is 14.4 Å². The van der Waals surface area contributed by atoms with Gasteiger partial charge in [-0.05, 0) is 19.1 Å². The maximum atomic E-state index is 13.2. The maximum Gasteiger partial charge on any atom is 0.332 e. The van der Waals surface area contributed by atoms with Crippen molar-refractivity contribution in [1.29, 1.82) is 0 Å². The van der Waals surface area contributed by atoms with Crippen molar-refractivity contribution in [3.05, 3.63) is 30.3 Å². The van der Waals surface area contributed by atoms with Gasteiger partial charge in [0.05, 0.1) is 9.30 Å². The smallest absolute Gasteiger partial charge is 0.332 e. The minimum Gasteiger partial charge on any atom is -0.484 e. The Kier molecular flexibility index (Phi) is 8.04. The molecule has 8 nitrogen and oxygen atoms in total. The number of β-lactam (4-membered cyclic amide) rings is 1. The molecule has 2 fully saturated rings. The Labute approximate surface area is 218 Å². The molecular formula is C19H20Cl3IN2O6S. The monoisotopic (exact) mass is 636 g/mol. The van der Waals surface area contributed by atoms with Crippen LogP contribution >= 0.6 is 69.2 Å². The SMILES string of the molecule is COC1(NC(=O)COc2ccccc2)C(=O)N2C(C(=O)OC(Cl)(Cl)CCl)C(C)(I)CS[C@@H]21. The molecule has 176 valence electrons. The molecule has 2 aliphatic heterocycles. The number of para-hydroxylation sites is 1. The van der Waals surface area contributed by atoms with Crippen molar-refractivity contribution in [2.24, 2.45) is 0 Å². The number of thioether (sulfide) groups is 1. The van der Waals surface area contributed by atoms with Gasteiger partial charge >= 0.3 is 5.97 Å². The van der Waals surface area contributed by atoms with E-state index in [1.807, 2.05) is 6.07 Å². The zero-order chi connectivity index (χ0) is 23.7. The van der Waals surface area contributed by atoms with Crippen LogP contribution in [0, 0.1) is 0 Å². The number of fused-ring (bicyclic) bond motifs is 1. The second-order valence-electron chi connectivity index (χ2n) is 7.34. The first kappa shape index (κ1) is 26.0. The average molecular weight is 638 g/mol. The van der Waals surface area contributed by atoms with Gasteiger partial charge in [0.15, 0.2) is 6.61 Å². The number of nitrogens with one attached hydrogen (secondary N) is 1. The van der Waals surface area contributed by atoms with Crippen LogP contribution in [0.3, 0.4) is 0 Å². The number of hydrogen-bond donors (Lipinski definition) is 1. The molecule has 4 atom stereocenters. The Morgan fingerprint density at radius 3 is 2.59 bits per heavy atom. The molecular weight excluding hydrogens is 618 g/mol. The number of amides is 2. The standard InChI is InChI=1S/C19H20Cl3IN2O6S/c1-17(23)10-32-16-19(29-2,24-12(26)8-30-11-6-4-3-5-7-11)15(28)25(16)13(17)14(27)31-18(21,22)9-20/h3-7,13,16H,8-10H2,1-2H3,(H,24,26)/t13?,16-,17?,19?/m1/s1. The van der Waals surface area contributed by atoms with Gasteiger partial charge in [-0.25, -0.2) is 4.79 Å². The molecule has 0 aliphatic carbocycles. The zero-order valence-corrected chi connectivity index (χ0v) is 22.2. The summed E-state index contributed by atoms with van der Waals surface area (Å²) in [6.45, 7) is 1.49. The largest absolute Gasteiger partial charge is 0.484 e. The van der Waals surface area contributed by atoms with Gasteiger partial charge in [0.2, 0.25) is 0 Å². The second kappa shape index (κ2) is 9.91. The molecule has 0 saturated carbocycles. The Hall–Kier alpha value is -0.660. The molecule has 0 spiro atoms. The Morgan fingerprint density at radius 1 is 1.34 bits per heavy atom. The summed E-state index contributed by atoms with van der Waals surface area (Å²) < 4.78 is 13.4. The lowest BCUT2D eigenvalue weighted by atomic mass is 9.92. The number of ether oxygens (including phenoxy) is 3. The molecule has 1 aromatic carbocycles. The minimum absolute atomic E-state index is 0.313. The van der Waals surface area contributed by atoms with Crippen molar-refractivity contribution in [3.63, 3.8) is 0 Å². The Morgan fingerprint density at radius 2 is 2.00 bits per heavy atom. The molecule has 1 aromatic rings. The third-order valence-corrected chi connectivity index (χ3v) is 9.11. The predicted molar refractivity (Wildman–Crippen MR) is 130 cm³/mol. The third-order valence-electron chi connectivity index (χ3n) is 4.91. The summed E-state index contributed by atoms with van der Waals surface area (Å²) >= 11 is 20.9. The van der Waals surface area contributed by atoms with Crippen LogP contribution in [0.5, 0.6) is 5.75 Å². The van der Waals surface area contributed by atoms with Crippen LogP contribution in [-0.4, -0.2) is 73.1 Å². The van der Waals surface area contributed by atoms with Crippen LogP contribution in [0.25, 0.3) is 0 Å². The summed E-state index contributed by atoms with van der Waals surface area (Å²) in [5.74, 6) is -1.31. The van der Waals surface area contributed by atoms with E-state index in [0.29, 0.717) is 11.5 Å². The van der Waals surface area contributed by atoms with E-state index in [-0.39, 0.29) is 12.5 Å². The number of nitrogens with zero attached hydrogens (tertiary/aromatic N) is 1. The highest BCUT2D eigenvalue weighted by Crippen LogP contribution is 2.51. The molecule has 3 rings (SSSR count). The van der Waals surface area contributed by atoms with E-state index in [1.54, 1.807) is 31.2 Å². The van der Waals surface area contributed by atoms with E-state index >= 15 is 0 Å². The lowest BCUT2D eigenvalue weighted by Gasteiger charge is -2.60. The van der Waals surface area contributed by atoms with E-state index < -0.39 is 42.9 Å².